The molecular weight excluding hydrogens is 1230 g/mol. The van der Waals surface area contributed by atoms with E-state index in [4.69, 9.17) is 75.9 Å². The molecule has 4 aromatic heterocycles. The third kappa shape index (κ3) is 10.4. The highest BCUT2D eigenvalue weighted by molar-refractivity contribution is 7.20. The van der Waals surface area contributed by atoms with Crippen LogP contribution in [0.3, 0.4) is 0 Å². The maximum Gasteiger partial charge on any atom is 0.416 e. The maximum absolute atomic E-state index is 15.9. The average Bonchev–Trinajstić information content (AvgIpc) is 1.61. The summed E-state index contributed by atoms with van der Waals surface area (Å²) >= 11 is 2.44. The molecule has 8 aromatic rings. The first-order chi connectivity index (χ1) is 45.1. The number of hydrogen-bond acceptors (Lipinski definition) is 21. The number of methoxy groups -OCH3 is 1. The second kappa shape index (κ2) is 23.2. The Hall–Kier alpha value is -7.97. The van der Waals surface area contributed by atoms with Crippen LogP contribution in [0.1, 0.15) is 109 Å². The number of halogens is 2. The minimum atomic E-state index is -0.819. The number of ether oxygens (including phenoxy) is 7. The molecule has 1 N–H and O–H groups in total. The monoisotopic (exact) mass is 1300 g/mol. The molecule has 0 saturated carbocycles. The molecule has 0 unspecified atom stereocenters. The molecule has 0 spiro atoms. The van der Waals surface area contributed by atoms with Crippen molar-refractivity contribution in [1.82, 2.24) is 49.9 Å². The molecule has 12 heterocycles. The van der Waals surface area contributed by atoms with Gasteiger partial charge in [0.05, 0.1) is 33.8 Å². The Morgan fingerprint density at radius 2 is 1.17 bits per heavy atom. The summed E-state index contributed by atoms with van der Waals surface area (Å²) in [7, 11) is 1.52. The number of carbonyl (C=O) groups is 1. The van der Waals surface area contributed by atoms with Gasteiger partial charge in [0.25, 0.3) is 10.4 Å². The highest BCUT2D eigenvalue weighted by Gasteiger charge is 2.60. The van der Waals surface area contributed by atoms with Crippen LogP contribution in [0, 0.1) is 41.7 Å². The SMILES string of the molecule is C#Cc1c(F)ccc2cc(OC(=O)N3[C@H]4CC[C@@]3(C(C)(C)C)CN(c3nc(OCC56CCCN5CCC6)nc5sc(Oc6cc(OCOC)cc7ccc(F)c(C#C)c67)nc35)C4)cc(Oc3nc4c(N5C[C@H]6CC[C@@H](C5)N6)nc(OCC56CCCN5CCC6)nc4s3)c12. The minimum Gasteiger partial charge on any atom is -0.467 e. The van der Waals surface area contributed by atoms with Crippen LogP contribution in [0.25, 0.3) is 42.2 Å². The number of anilines is 2. The Balaban J connectivity index is 0.726. The van der Waals surface area contributed by atoms with Gasteiger partial charge in [-0.25, -0.2) is 13.6 Å². The zero-order chi connectivity index (χ0) is 63.5. The average molecular weight is 1300 g/mol. The van der Waals surface area contributed by atoms with Gasteiger partial charge in [-0.2, -0.15) is 29.9 Å². The molecule has 482 valence electrons. The number of thiazole rings is 2. The molecule has 8 aliphatic rings. The fourth-order valence-electron chi connectivity index (χ4n) is 16.7. The molecule has 8 fully saturated rings. The van der Waals surface area contributed by atoms with E-state index in [1.165, 1.54) is 41.9 Å². The van der Waals surface area contributed by atoms with E-state index in [1.54, 1.807) is 36.4 Å². The number of aromatic nitrogens is 6. The van der Waals surface area contributed by atoms with E-state index in [1.807, 2.05) is 4.90 Å². The first-order valence-corrected chi connectivity index (χ1v) is 34.1. The summed E-state index contributed by atoms with van der Waals surface area (Å²) in [5.74, 6) is 6.07. The first kappa shape index (κ1) is 60.0. The van der Waals surface area contributed by atoms with Crippen LogP contribution >= 0.6 is 22.7 Å². The Bertz CT molecular complexity index is 4380. The number of nitrogens with one attached hydrogen (secondary N) is 1. The summed E-state index contributed by atoms with van der Waals surface area (Å²) in [6.07, 6.45) is 23.7. The van der Waals surface area contributed by atoms with Crippen molar-refractivity contribution in [3.8, 4) is 70.1 Å². The quantitative estimate of drug-likeness (QED) is 0.0710. The van der Waals surface area contributed by atoms with Crippen LogP contribution in [-0.4, -0.2) is 165 Å². The summed E-state index contributed by atoms with van der Waals surface area (Å²) in [6.45, 7) is 13.7. The van der Waals surface area contributed by atoms with Gasteiger partial charge in [-0.05, 0) is 144 Å². The van der Waals surface area contributed by atoms with E-state index < -0.39 is 28.7 Å². The highest BCUT2D eigenvalue weighted by Crippen LogP contribution is 2.53. The third-order valence-electron chi connectivity index (χ3n) is 21.2. The Kier molecular flexibility index (Phi) is 15.0. The van der Waals surface area contributed by atoms with E-state index in [0.29, 0.717) is 117 Å². The molecule has 4 aromatic carbocycles. The molecular formula is C69H72F2N12O8S2. The smallest absolute Gasteiger partial charge is 0.416 e. The molecule has 1 amide bonds. The fraction of sp³-hybridized carbons (Fsp3) is 0.493. The van der Waals surface area contributed by atoms with Crippen LogP contribution < -0.4 is 43.5 Å². The summed E-state index contributed by atoms with van der Waals surface area (Å²) < 4.78 is 75.7. The Morgan fingerprint density at radius 3 is 1.69 bits per heavy atom. The molecule has 4 atom stereocenters. The lowest BCUT2D eigenvalue weighted by molar-refractivity contribution is 0.00846. The van der Waals surface area contributed by atoms with Gasteiger partial charge < -0.3 is 48.3 Å². The number of amides is 1. The summed E-state index contributed by atoms with van der Waals surface area (Å²) in [4.78, 5) is 58.5. The van der Waals surface area contributed by atoms with E-state index in [2.05, 4.69) is 57.5 Å². The summed E-state index contributed by atoms with van der Waals surface area (Å²) in [5, 5.41) is 5.96. The lowest BCUT2D eigenvalue weighted by Gasteiger charge is -2.54. The topological polar surface area (TPSA) is 187 Å². The normalized spacial score (nSPS) is 23.1. The lowest BCUT2D eigenvalue weighted by Crippen LogP contribution is -2.68. The Morgan fingerprint density at radius 1 is 0.656 bits per heavy atom. The zero-order valence-corrected chi connectivity index (χ0v) is 54.2. The molecule has 4 bridgehead atoms. The molecule has 93 heavy (non-hydrogen) atoms. The van der Waals surface area contributed by atoms with Crippen molar-refractivity contribution >= 4 is 82.6 Å². The lowest BCUT2D eigenvalue weighted by atomic mass is 9.71. The molecule has 0 aliphatic carbocycles. The molecule has 24 heteroatoms. The molecule has 16 rings (SSSR count). The molecule has 8 saturated heterocycles. The van der Waals surface area contributed by atoms with Gasteiger partial charge in [-0.15, -0.1) is 12.8 Å². The van der Waals surface area contributed by atoms with E-state index >= 15 is 13.6 Å². The second-order valence-corrected chi connectivity index (χ2v) is 29.3. The number of carbonyl (C=O) groups excluding carboxylic acids is 1. The first-order valence-electron chi connectivity index (χ1n) is 32.4. The van der Waals surface area contributed by atoms with Gasteiger partial charge in [0, 0.05) is 68.3 Å². The molecule has 20 nitrogen and oxygen atoms in total. The zero-order valence-electron chi connectivity index (χ0n) is 52.5. The maximum atomic E-state index is 15.9. The summed E-state index contributed by atoms with van der Waals surface area (Å²) in [5.41, 5.74) is -0.375. The number of nitrogens with zero attached hydrogens (tertiary/aromatic N) is 11. The number of rotatable bonds is 16. The summed E-state index contributed by atoms with van der Waals surface area (Å²) in [6, 6.07) is 13.3. The minimum absolute atomic E-state index is 0.00405. The number of terminal acetylenes is 2. The number of piperazine rings is 2. The van der Waals surface area contributed by atoms with Crippen molar-refractivity contribution < 1.29 is 46.7 Å². The van der Waals surface area contributed by atoms with Crippen LogP contribution in [0.5, 0.6) is 45.4 Å². The van der Waals surface area contributed by atoms with Gasteiger partial charge in [-0.1, -0.05) is 67.4 Å². The largest absolute Gasteiger partial charge is 0.467 e. The van der Waals surface area contributed by atoms with Gasteiger partial charge in [0.1, 0.15) is 58.9 Å². The van der Waals surface area contributed by atoms with E-state index in [0.717, 1.165) is 103 Å². The van der Waals surface area contributed by atoms with Crippen LogP contribution in [0.2, 0.25) is 0 Å². The van der Waals surface area contributed by atoms with Crippen LogP contribution in [0.15, 0.2) is 48.5 Å². The predicted octanol–water partition coefficient (Wildman–Crippen LogP) is 11.8. The van der Waals surface area contributed by atoms with Gasteiger partial charge in [0.2, 0.25) is 0 Å². The van der Waals surface area contributed by atoms with E-state index in [9.17, 15) is 0 Å². The predicted molar refractivity (Wildman–Crippen MR) is 351 cm³/mol. The molecule has 0 radical (unpaired) electrons. The highest BCUT2D eigenvalue weighted by atomic mass is 32.1. The number of benzene rings is 4. The van der Waals surface area contributed by atoms with E-state index in [-0.39, 0.29) is 68.7 Å². The van der Waals surface area contributed by atoms with Crippen molar-refractivity contribution in [2.45, 2.75) is 133 Å². The van der Waals surface area contributed by atoms with Crippen molar-refractivity contribution in [2.75, 3.05) is 89.3 Å². The number of hydrogen-bond donors (Lipinski definition) is 1. The third-order valence-corrected chi connectivity index (χ3v) is 22.9. The number of fused-ring (bicyclic) bond motifs is 10. The van der Waals surface area contributed by atoms with Crippen molar-refractivity contribution in [1.29, 1.82) is 0 Å². The van der Waals surface area contributed by atoms with Crippen molar-refractivity contribution in [3.05, 3.63) is 71.3 Å². The van der Waals surface area contributed by atoms with Crippen LogP contribution in [-0.2, 0) is 4.74 Å². The van der Waals surface area contributed by atoms with Crippen molar-refractivity contribution in [3.63, 3.8) is 0 Å². The van der Waals surface area contributed by atoms with Crippen LogP contribution in [0.4, 0.5) is 25.2 Å². The van der Waals surface area contributed by atoms with Crippen molar-refractivity contribution in [2.24, 2.45) is 5.41 Å². The van der Waals surface area contributed by atoms with Gasteiger partial charge >= 0.3 is 18.1 Å². The molecule has 8 aliphatic heterocycles. The second-order valence-electron chi connectivity index (χ2n) is 27.4. The fourth-order valence-corrected chi connectivity index (χ4v) is 18.3. The standard InChI is InChI=1S/C69H72F2N12O8S2/c1-7-47-49(70)17-13-40-29-45(88-39-85-6)31-51(53(40)47)90-64-74-56-58(76-62(78-60(56)93-64)87-38-68-22-11-27-82(68)28-12-23-68)80-35-44-19-24-69(36-80,66(3,4)5)83(44)65(84)89-46-30-41-14-18-50(71)48(8-2)54(41)52(32-46)91-63-73-55-57(79-33-42-15-16-43(34-79)72-42)75-61(77-59(55)92-63)86-37-67-20-9-25-81(67)26-10-21-67/h1-2,13-14,17-18,29-32,42-44,72H,9-12,15-16,19-28,33-39H2,3-6H3/t42-,43+,44-,69-/m0/s1. The van der Waals surface area contributed by atoms with Gasteiger partial charge in [0.15, 0.2) is 28.1 Å². The Labute approximate surface area is 545 Å². The van der Waals surface area contributed by atoms with Gasteiger partial charge in [-0.3, -0.25) is 14.7 Å².